The maximum absolute atomic E-state index is 12.1. The van der Waals surface area contributed by atoms with Gasteiger partial charge in [0.2, 0.25) is 5.91 Å². The van der Waals surface area contributed by atoms with Crippen LogP contribution in [0.15, 0.2) is 0 Å². The highest BCUT2D eigenvalue weighted by Gasteiger charge is 2.25. The van der Waals surface area contributed by atoms with Crippen LogP contribution in [0.1, 0.15) is 46.5 Å². The fourth-order valence-electron chi connectivity index (χ4n) is 2.60. The summed E-state index contributed by atoms with van der Waals surface area (Å²) in [6, 6.07) is 0. The normalized spacial score (nSPS) is 11.6. The van der Waals surface area contributed by atoms with Crippen molar-refractivity contribution in [2.24, 2.45) is 5.41 Å². The van der Waals surface area contributed by atoms with Gasteiger partial charge in [0.05, 0.1) is 52.9 Å². The molecule has 0 aliphatic rings. The molecule has 0 aliphatic heterocycles. The monoisotopic (exact) mass is 418 g/mol. The molecular weight excluding hydrogens is 376 g/mol. The maximum atomic E-state index is 12.1. The van der Waals surface area contributed by atoms with Gasteiger partial charge in [-0.15, -0.1) is 0 Å². The van der Waals surface area contributed by atoms with Crippen molar-refractivity contribution in [3.05, 3.63) is 0 Å². The second-order valence-electron chi connectivity index (χ2n) is 7.46. The molecule has 0 radical (unpaired) electrons. The third-order valence-corrected chi connectivity index (χ3v) is 4.39. The van der Waals surface area contributed by atoms with Gasteiger partial charge in [-0.1, -0.05) is 27.2 Å². The molecule has 0 atom stereocenters. The zero-order valence-corrected chi connectivity index (χ0v) is 18.8. The van der Waals surface area contributed by atoms with Crippen LogP contribution in [0.5, 0.6) is 0 Å². The van der Waals surface area contributed by atoms with Crippen molar-refractivity contribution in [1.29, 1.82) is 0 Å². The van der Waals surface area contributed by atoms with Crippen LogP contribution >= 0.6 is 0 Å². The Hall–Kier alpha value is -1.06. The molecule has 0 rings (SSSR count). The Balaban J connectivity index is 3.37. The van der Waals surface area contributed by atoms with Crippen LogP contribution in [0.3, 0.4) is 0 Å². The maximum Gasteiger partial charge on any atom is 0.222 e. The average molecular weight is 419 g/mol. The predicted molar refractivity (Wildman–Crippen MR) is 113 cm³/mol. The first kappa shape index (κ1) is 27.9. The minimum atomic E-state index is -0.266. The van der Waals surface area contributed by atoms with Gasteiger partial charge in [-0.2, -0.15) is 0 Å². The molecule has 1 amide bonds. The molecule has 0 aliphatic carbocycles. The molecule has 0 fully saturated rings. The zero-order chi connectivity index (χ0) is 21.8. The Labute approximate surface area is 176 Å². The van der Waals surface area contributed by atoms with Crippen molar-refractivity contribution in [1.82, 2.24) is 10.6 Å². The number of rotatable bonds is 21. The van der Waals surface area contributed by atoms with Crippen molar-refractivity contribution in [3.63, 3.8) is 0 Å². The lowest BCUT2D eigenvalue weighted by Gasteiger charge is -2.22. The number of ether oxygens (including phenoxy) is 4. The van der Waals surface area contributed by atoms with Gasteiger partial charge >= 0.3 is 0 Å². The molecule has 29 heavy (non-hydrogen) atoms. The number of hydrogen-bond acceptors (Lipinski definition) is 7. The van der Waals surface area contributed by atoms with E-state index in [9.17, 15) is 9.59 Å². The Bertz CT molecular complexity index is 418. The van der Waals surface area contributed by atoms with E-state index in [0.29, 0.717) is 72.2 Å². The summed E-state index contributed by atoms with van der Waals surface area (Å²) in [5.74, 6) is 0.183. The quantitative estimate of drug-likeness (QED) is 0.273. The van der Waals surface area contributed by atoms with Crippen LogP contribution in [-0.2, 0) is 28.5 Å². The van der Waals surface area contributed by atoms with E-state index in [1.807, 2.05) is 20.9 Å². The standard InChI is InChI=1S/C21H42N2O6/c1-5-8-21(2,3)19(24)6-11-26-15-18-29-14-10-23-20(25)7-12-27-16-17-28-13-9-22-4/h22H,5-18H2,1-4H3,(H,23,25). The molecule has 0 aromatic rings. The average Bonchev–Trinajstić information content (AvgIpc) is 2.68. The van der Waals surface area contributed by atoms with Crippen LogP contribution in [0.2, 0.25) is 0 Å². The third-order valence-electron chi connectivity index (χ3n) is 4.39. The summed E-state index contributed by atoms with van der Waals surface area (Å²) in [7, 11) is 1.87. The van der Waals surface area contributed by atoms with Gasteiger partial charge in [0.15, 0.2) is 0 Å². The van der Waals surface area contributed by atoms with Crippen molar-refractivity contribution >= 4 is 11.7 Å². The van der Waals surface area contributed by atoms with E-state index in [2.05, 4.69) is 17.6 Å². The van der Waals surface area contributed by atoms with E-state index in [0.717, 1.165) is 19.4 Å². The molecule has 0 heterocycles. The number of nitrogens with one attached hydrogen (secondary N) is 2. The molecule has 0 bridgehead atoms. The van der Waals surface area contributed by atoms with Gasteiger partial charge < -0.3 is 29.6 Å². The highest BCUT2D eigenvalue weighted by atomic mass is 16.5. The smallest absolute Gasteiger partial charge is 0.222 e. The Morgan fingerprint density at radius 3 is 1.83 bits per heavy atom. The number of carbonyl (C=O) groups excluding carboxylic acids is 2. The van der Waals surface area contributed by atoms with Crippen LogP contribution in [0, 0.1) is 5.41 Å². The molecule has 2 N–H and O–H groups in total. The topological polar surface area (TPSA) is 95.1 Å². The summed E-state index contributed by atoms with van der Waals surface area (Å²) in [5, 5.41) is 5.77. The third kappa shape index (κ3) is 17.5. The highest BCUT2D eigenvalue weighted by molar-refractivity contribution is 5.84. The fraction of sp³-hybridized carbons (Fsp3) is 0.905. The van der Waals surface area contributed by atoms with E-state index < -0.39 is 0 Å². The molecule has 8 nitrogen and oxygen atoms in total. The van der Waals surface area contributed by atoms with Gasteiger partial charge in [-0.05, 0) is 13.5 Å². The first-order valence-electron chi connectivity index (χ1n) is 10.7. The highest BCUT2D eigenvalue weighted by Crippen LogP contribution is 2.24. The second kappa shape index (κ2) is 18.9. The Kier molecular flexibility index (Phi) is 18.2. The summed E-state index contributed by atoms with van der Waals surface area (Å²) < 4.78 is 21.5. The summed E-state index contributed by atoms with van der Waals surface area (Å²) >= 11 is 0. The lowest BCUT2D eigenvalue weighted by Crippen LogP contribution is -2.28. The van der Waals surface area contributed by atoms with E-state index in [1.165, 1.54) is 0 Å². The molecule has 0 spiro atoms. The number of likely N-dealkylation sites (N-methyl/N-ethyl adjacent to an activating group) is 1. The van der Waals surface area contributed by atoms with E-state index in [4.69, 9.17) is 18.9 Å². The number of amides is 1. The Morgan fingerprint density at radius 2 is 1.28 bits per heavy atom. The molecule has 0 unspecified atom stereocenters. The molecule has 0 aromatic heterocycles. The molecule has 8 heteroatoms. The minimum Gasteiger partial charge on any atom is -0.379 e. The van der Waals surface area contributed by atoms with Crippen LogP contribution in [0.4, 0.5) is 0 Å². The lowest BCUT2D eigenvalue weighted by atomic mass is 9.82. The Morgan fingerprint density at radius 1 is 0.759 bits per heavy atom. The van der Waals surface area contributed by atoms with E-state index in [1.54, 1.807) is 0 Å². The zero-order valence-electron chi connectivity index (χ0n) is 18.8. The molecule has 172 valence electrons. The first-order chi connectivity index (χ1) is 13.9. The van der Waals surface area contributed by atoms with E-state index >= 15 is 0 Å². The van der Waals surface area contributed by atoms with Crippen molar-refractivity contribution < 1.29 is 28.5 Å². The number of hydrogen-bond donors (Lipinski definition) is 2. The van der Waals surface area contributed by atoms with Gasteiger partial charge in [-0.25, -0.2) is 0 Å². The first-order valence-corrected chi connectivity index (χ1v) is 10.7. The lowest BCUT2D eigenvalue weighted by molar-refractivity contribution is -0.128. The number of Topliss-reactive ketones (excluding diaryl/α,β-unsaturated/α-hetero) is 1. The van der Waals surface area contributed by atoms with E-state index in [-0.39, 0.29) is 17.1 Å². The summed E-state index contributed by atoms with van der Waals surface area (Å²) in [6.45, 7) is 11.1. The van der Waals surface area contributed by atoms with Gasteiger partial charge in [0.25, 0.3) is 0 Å². The SMILES string of the molecule is CCCC(C)(C)C(=O)CCOCCOCCNC(=O)CCOCCOCCNC. The second-order valence-corrected chi connectivity index (χ2v) is 7.46. The summed E-state index contributed by atoms with van der Waals surface area (Å²) in [4.78, 5) is 23.7. The molecule has 0 aromatic carbocycles. The molecular formula is C21H42N2O6. The predicted octanol–water partition coefficient (Wildman–Crippen LogP) is 1.56. The van der Waals surface area contributed by atoms with Crippen molar-refractivity contribution in [2.75, 3.05) is 73.0 Å². The van der Waals surface area contributed by atoms with Crippen molar-refractivity contribution in [3.8, 4) is 0 Å². The summed E-state index contributed by atoms with van der Waals surface area (Å²) in [5.41, 5.74) is -0.266. The fourth-order valence-corrected chi connectivity index (χ4v) is 2.60. The largest absolute Gasteiger partial charge is 0.379 e. The van der Waals surface area contributed by atoms with Gasteiger partial charge in [0, 0.05) is 31.3 Å². The number of carbonyl (C=O) groups is 2. The van der Waals surface area contributed by atoms with Gasteiger partial charge in [-0.3, -0.25) is 9.59 Å². The molecule has 0 saturated heterocycles. The summed E-state index contributed by atoms with van der Waals surface area (Å²) in [6.07, 6.45) is 2.66. The van der Waals surface area contributed by atoms with Crippen molar-refractivity contribution in [2.45, 2.75) is 46.5 Å². The number of ketones is 1. The minimum absolute atomic E-state index is 0.0610. The van der Waals surface area contributed by atoms with Gasteiger partial charge in [0.1, 0.15) is 5.78 Å². The van der Waals surface area contributed by atoms with Crippen LogP contribution in [-0.4, -0.2) is 84.7 Å². The van der Waals surface area contributed by atoms with Crippen LogP contribution < -0.4 is 10.6 Å². The molecule has 0 saturated carbocycles. The van der Waals surface area contributed by atoms with Crippen LogP contribution in [0.25, 0.3) is 0 Å².